The fourth-order valence-corrected chi connectivity index (χ4v) is 3.55. The second-order valence-corrected chi connectivity index (χ2v) is 7.86. The molecule has 1 aromatic carbocycles. The molecule has 3 nitrogen and oxygen atoms in total. The lowest BCUT2D eigenvalue weighted by Crippen LogP contribution is -2.29. The molecule has 0 spiro atoms. The lowest BCUT2D eigenvalue weighted by atomic mass is 10.0. The molecule has 0 saturated carbocycles. The molecule has 19 heavy (non-hydrogen) atoms. The van der Waals surface area contributed by atoms with Crippen LogP contribution in [0.5, 0.6) is 0 Å². The second-order valence-electron chi connectivity index (χ2n) is 5.50. The van der Waals surface area contributed by atoms with Crippen LogP contribution in [-0.4, -0.2) is 25.2 Å². The summed E-state index contributed by atoms with van der Waals surface area (Å²) in [5.74, 6) is -0.710. The molecule has 0 aliphatic rings. The third-order valence-corrected chi connectivity index (χ3v) is 5.86. The fraction of sp³-hybridized carbons (Fsp3) is 0.533. The minimum Gasteiger partial charge on any atom is -0.293 e. The zero-order valence-electron chi connectivity index (χ0n) is 12.2. The van der Waals surface area contributed by atoms with Crippen molar-refractivity contribution in [2.75, 3.05) is 5.75 Å². The van der Waals surface area contributed by atoms with E-state index in [1.807, 2.05) is 39.8 Å². The molecule has 4 heteroatoms. The number of sulfone groups is 1. The van der Waals surface area contributed by atoms with Gasteiger partial charge in [0.25, 0.3) is 0 Å². The van der Waals surface area contributed by atoms with Crippen molar-refractivity contribution in [2.45, 2.75) is 39.9 Å². The largest absolute Gasteiger partial charge is 0.293 e. The summed E-state index contributed by atoms with van der Waals surface area (Å²) in [6.07, 6.45) is 0. The molecule has 1 unspecified atom stereocenters. The van der Waals surface area contributed by atoms with E-state index in [0.29, 0.717) is 5.56 Å². The van der Waals surface area contributed by atoms with Crippen molar-refractivity contribution in [2.24, 2.45) is 5.92 Å². The van der Waals surface area contributed by atoms with Crippen LogP contribution in [0.15, 0.2) is 18.2 Å². The highest BCUT2D eigenvalue weighted by molar-refractivity contribution is 7.92. The zero-order valence-corrected chi connectivity index (χ0v) is 13.0. The van der Waals surface area contributed by atoms with Crippen LogP contribution in [0.2, 0.25) is 0 Å². The molecule has 1 atom stereocenters. The van der Waals surface area contributed by atoms with Crippen LogP contribution in [0.3, 0.4) is 0 Å². The number of rotatable bonds is 5. The fourth-order valence-electron chi connectivity index (χ4n) is 1.93. The average Bonchev–Trinajstić information content (AvgIpc) is 2.26. The molecule has 1 aromatic rings. The van der Waals surface area contributed by atoms with E-state index in [1.54, 1.807) is 13.0 Å². The van der Waals surface area contributed by atoms with Gasteiger partial charge in [-0.25, -0.2) is 8.42 Å². The number of hydrogen-bond acceptors (Lipinski definition) is 3. The number of carbonyl (C=O) groups excluding carboxylic acids is 1. The number of aryl methyl sites for hydroxylation is 2. The van der Waals surface area contributed by atoms with Gasteiger partial charge in [-0.05, 0) is 32.3 Å². The lowest BCUT2D eigenvalue weighted by molar-refractivity contribution is 0.102. The van der Waals surface area contributed by atoms with Crippen molar-refractivity contribution < 1.29 is 13.2 Å². The van der Waals surface area contributed by atoms with E-state index in [2.05, 4.69) is 0 Å². The first kappa shape index (κ1) is 15.9. The van der Waals surface area contributed by atoms with Gasteiger partial charge in [0.05, 0.1) is 5.25 Å². The topological polar surface area (TPSA) is 51.2 Å². The van der Waals surface area contributed by atoms with Crippen LogP contribution in [0.1, 0.15) is 42.3 Å². The standard InChI is InChI=1S/C15H22O3S/c1-10(2)13(5)19(17,18)9-15(16)14-7-6-11(3)8-12(14)4/h6-8,10,13H,9H2,1-5H3. The van der Waals surface area contributed by atoms with Crippen molar-refractivity contribution >= 4 is 15.6 Å². The molecule has 0 radical (unpaired) electrons. The van der Waals surface area contributed by atoms with Gasteiger partial charge in [0.2, 0.25) is 0 Å². The van der Waals surface area contributed by atoms with E-state index in [0.717, 1.165) is 11.1 Å². The normalized spacial score (nSPS) is 13.6. The Labute approximate surface area is 116 Å². The highest BCUT2D eigenvalue weighted by Crippen LogP contribution is 2.16. The Morgan fingerprint density at radius 3 is 2.21 bits per heavy atom. The van der Waals surface area contributed by atoms with Crippen molar-refractivity contribution in [1.29, 1.82) is 0 Å². The monoisotopic (exact) mass is 282 g/mol. The van der Waals surface area contributed by atoms with Crippen LogP contribution in [0, 0.1) is 19.8 Å². The minimum atomic E-state index is -3.38. The maximum Gasteiger partial charge on any atom is 0.178 e. The van der Waals surface area contributed by atoms with Gasteiger partial charge < -0.3 is 0 Å². The van der Waals surface area contributed by atoms with E-state index in [1.165, 1.54) is 0 Å². The van der Waals surface area contributed by atoms with Gasteiger partial charge >= 0.3 is 0 Å². The zero-order chi connectivity index (χ0) is 14.8. The molecule has 0 amide bonds. The Hall–Kier alpha value is -1.16. The van der Waals surface area contributed by atoms with Gasteiger partial charge in [0.15, 0.2) is 15.6 Å². The van der Waals surface area contributed by atoms with E-state index < -0.39 is 20.8 Å². The van der Waals surface area contributed by atoms with E-state index in [9.17, 15) is 13.2 Å². The molecule has 1 rings (SSSR count). The van der Waals surface area contributed by atoms with E-state index in [4.69, 9.17) is 0 Å². The molecule has 0 aliphatic heterocycles. The lowest BCUT2D eigenvalue weighted by Gasteiger charge is -2.16. The number of ketones is 1. The summed E-state index contributed by atoms with van der Waals surface area (Å²) < 4.78 is 24.2. The van der Waals surface area contributed by atoms with Crippen molar-refractivity contribution in [3.63, 3.8) is 0 Å². The van der Waals surface area contributed by atoms with E-state index >= 15 is 0 Å². The van der Waals surface area contributed by atoms with Crippen molar-refractivity contribution in [3.8, 4) is 0 Å². The first-order chi connectivity index (χ1) is 8.65. The third kappa shape index (κ3) is 3.90. The first-order valence-corrected chi connectivity index (χ1v) is 8.18. The second kappa shape index (κ2) is 5.87. The SMILES string of the molecule is Cc1ccc(C(=O)CS(=O)(=O)C(C)C(C)C)c(C)c1. The molecule has 0 aliphatic carbocycles. The molecule has 0 saturated heterocycles. The Kier molecular flexibility index (Phi) is 4.91. The highest BCUT2D eigenvalue weighted by atomic mass is 32.2. The summed E-state index contributed by atoms with van der Waals surface area (Å²) in [5.41, 5.74) is 2.40. The molecule has 0 N–H and O–H groups in total. The number of carbonyl (C=O) groups is 1. The van der Waals surface area contributed by atoms with Gasteiger partial charge in [0, 0.05) is 5.56 Å². The number of Topliss-reactive ketones (excluding diaryl/α,β-unsaturated/α-hetero) is 1. The average molecular weight is 282 g/mol. The maximum absolute atomic E-state index is 12.1. The molecule has 0 fully saturated rings. The Balaban J connectivity index is 2.97. The van der Waals surface area contributed by atoms with Crippen LogP contribution < -0.4 is 0 Å². The summed E-state index contributed by atoms with van der Waals surface area (Å²) in [5, 5.41) is -0.498. The Morgan fingerprint density at radius 2 is 1.74 bits per heavy atom. The van der Waals surface area contributed by atoms with Crippen molar-refractivity contribution in [3.05, 3.63) is 34.9 Å². The van der Waals surface area contributed by atoms with Gasteiger partial charge in [-0.15, -0.1) is 0 Å². The van der Waals surface area contributed by atoms with Crippen LogP contribution >= 0.6 is 0 Å². The molecule has 0 aromatic heterocycles. The Bertz CT molecular complexity index is 571. The predicted molar refractivity (Wildman–Crippen MR) is 78.3 cm³/mol. The number of benzene rings is 1. The summed E-state index contributed by atoms with van der Waals surface area (Å²) in [6, 6.07) is 5.44. The van der Waals surface area contributed by atoms with Gasteiger partial charge in [-0.2, -0.15) is 0 Å². The first-order valence-electron chi connectivity index (χ1n) is 6.47. The summed E-state index contributed by atoms with van der Waals surface area (Å²) >= 11 is 0. The minimum absolute atomic E-state index is 0.0110. The van der Waals surface area contributed by atoms with Crippen LogP contribution in [0.25, 0.3) is 0 Å². The quantitative estimate of drug-likeness (QED) is 0.780. The van der Waals surface area contributed by atoms with Gasteiger partial charge in [-0.1, -0.05) is 37.6 Å². The van der Waals surface area contributed by atoms with Crippen LogP contribution in [0.4, 0.5) is 0 Å². The summed E-state index contributed by atoms with van der Waals surface area (Å²) in [7, 11) is -3.38. The molecular formula is C15H22O3S. The van der Waals surface area contributed by atoms with E-state index in [-0.39, 0.29) is 11.7 Å². The summed E-state index contributed by atoms with van der Waals surface area (Å²) in [4.78, 5) is 12.1. The highest BCUT2D eigenvalue weighted by Gasteiger charge is 2.27. The predicted octanol–water partition coefficient (Wildman–Crippen LogP) is 2.95. The molecule has 106 valence electrons. The van der Waals surface area contributed by atoms with Gasteiger partial charge in [0.1, 0.15) is 5.75 Å². The third-order valence-electron chi connectivity index (χ3n) is 3.52. The molecule has 0 heterocycles. The number of hydrogen-bond donors (Lipinski definition) is 0. The van der Waals surface area contributed by atoms with Crippen LogP contribution in [-0.2, 0) is 9.84 Å². The maximum atomic E-state index is 12.1. The van der Waals surface area contributed by atoms with Crippen molar-refractivity contribution in [1.82, 2.24) is 0 Å². The smallest absolute Gasteiger partial charge is 0.178 e. The molecule has 0 bridgehead atoms. The summed E-state index contributed by atoms with van der Waals surface area (Å²) in [6.45, 7) is 9.14. The van der Waals surface area contributed by atoms with Gasteiger partial charge in [-0.3, -0.25) is 4.79 Å². The Morgan fingerprint density at radius 1 is 1.16 bits per heavy atom. The molecular weight excluding hydrogens is 260 g/mol.